The van der Waals surface area contributed by atoms with Crippen LogP contribution in [0, 0.1) is 17.6 Å². The molecular formula is C21H21F4N3O4. The minimum atomic E-state index is -3.41. The Balaban J connectivity index is 2.01. The second-order valence-corrected chi connectivity index (χ2v) is 7.90. The lowest BCUT2D eigenvalue weighted by molar-refractivity contribution is -0.131. The van der Waals surface area contributed by atoms with Crippen LogP contribution in [0.4, 0.5) is 23.2 Å². The second kappa shape index (κ2) is 8.73. The van der Waals surface area contributed by atoms with Crippen LogP contribution < -0.4 is 15.8 Å². The monoisotopic (exact) mass is 455 g/mol. The normalized spacial score (nSPS) is 22.1. The summed E-state index contributed by atoms with van der Waals surface area (Å²) in [6.07, 6.45) is -0.00536. The van der Waals surface area contributed by atoms with E-state index in [1.54, 1.807) is 20.8 Å². The number of pyridine rings is 1. The highest BCUT2D eigenvalue weighted by atomic mass is 19.3. The number of primary amides is 1. The fraction of sp³-hybridized carbons (Fsp3) is 0.381. The molecule has 2 aromatic rings. The third-order valence-electron chi connectivity index (χ3n) is 5.58. The number of nitrogens with two attached hydrogens (primary N) is 1. The van der Waals surface area contributed by atoms with Crippen molar-refractivity contribution in [3.63, 3.8) is 0 Å². The molecule has 1 aromatic carbocycles. The predicted molar refractivity (Wildman–Crippen MR) is 105 cm³/mol. The van der Waals surface area contributed by atoms with Gasteiger partial charge in [-0.15, -0.1) is 0 Å². The summed E-state index contributed by atoms with van der Waals surface area (Å²) in [6.45, 7) is 1.65. The van der Waals surface area contributed by atoms with E-state index in [4.69, 9.17) is 10.5 Å². The van der Waals surface area contributed by atoms with Crippen LogP contribution in [-0.4, -0.2) is 35.1 Å². The molecule has 0 bridgehead atoms. The maximum absolute atomic E-state index is 14.4. The summed E-state index contributed by atoms with van der Waals surface area (Å²) in [5.74, 6) is -6.86. The molecule has 172 valence electrons. The Morgan fingerprint density at radius 3 is 2.56 bits per heavy atom. The smallest absolute Gasteiger partial charge is 0.387 e. The Morgan fingerprint density at radius 2 is 1.94 bits per heavy atom. The highest BCUT2D eigenvalue weighted by molar-refractivity contribution is 5.97. The minimum Gasteiger partial charge on any atom is -0.431 e. The maximum atomic E-state index is 14.4. The number of hydrogen-bond acceptors (Lipinski definition) is 5. The zero-order chi connectivity index (χ0) is 23.8. The zero-order valence-corrected chi connectivity index (χ0v) is 17.4. The van der Waals surface area contributed by atoms with Gasteiger partial charge in [0, 0.05) is 23.4 Å². The molecule has 3 atom stereocenters. The summed E-state index contributed by atoms with van der Waals surface area (Å²) >= 11 is 0. The summed E-state index contributed by atoms with van der Waals surface area (Å²) in [5, 5.41) is 2.55. The van der Waals surface area contributed by atoms with Crippen molar-refractivity contribution in [2.75, 3.05) is 5.32 Å². The first-order valence-corrected chi connectivity index (χ1v) is 9.59. The molecule has 0 saturated carbocycles. The molecule has 7 nitrogen and oxygen atoms in total. The number of carbonyl (C=O) groups is 2. The number of rotatable bonds is 6. The molecule has 1 aliphatic rings. The van der Waals surface area contributed by atoms with Gasteiger partial charge >= 0.3 is 6.61 Å². The summed E-state index contributed by atoms with van der Waals surface area (Å²) in [4.78, 5) is 28.2. The third kappa shape index (κ3) is 4.52. The van der Waals surface area contributed by atoms with E-state index in [1.165, 1.54) is 18.3 Å². The minimum absolute atomic E-state index is 0.0892. The van der Waals surface area contributed by atoms with Gasteiger partial charge in [-0.05, 0) is 38.0 Å². The van der Waals surface area contributed by atoms with Crippen LogP contribution in [0.2, 0.25) is 0 Å². The number of carbonyl (C=O) groups excluding carboxylic acids is 2. The van der Waals surface area contributed by atoms with Crippen molar-refractivity contribution in [2.24, 2.45) is 11.7 Å². The molecule has 1 fully saturated rings. The van der Waals surface area contributed by atoms with E-state index in [9.17, 15) is 27.2 Å². The largest absolute Gasteiger partial charge is 0.431 e. The van der Waals surface area contributed by atoms with Gasteiger partial charge < -0.3 is 20.5 Å². The van der Waals surface area contributed by atoms with Gasteiger partial charge in [0.15, 0.2) is 11.6 Å². The Morgan fingerprint density at radius 1 is 1.25 bits per heavy atom. The second-order valence-electron chi connectivity index (χ2n) is 7.90. The quantitative estimate of drug-likeness (QED) is 0.648. The van der Waals surface area contributed by atoms with Crippen molar-refractivity contribution in [3.05, 3.63) is 53.4 Å². The molecule has 0 unspecified atom stereocenters. The molecule has 11 heteroatoms. The lowest BCUT2D eigenvalue weighted by Gasteiger charge is -2.26. The molecular weight excluding hydrogens is 434 g/mol. The first-order valence-electron chi connectivity index (χ1n) is 9.59. The summed E-state index contributed by atoms with van der Waals surface area (Å²) < 4.78 is 64.1. The van der Waals surface area contributed by atoms with Gasteiger partial charge in [0.25, 0.3) is 11.8 Å². The average Bonchev–Trinajstić information content (AvgIpc) is 2.95. The van der Waals surface area contributed by atoms with Crippen molar-refractivity contribution < 1.29 is 36.6 Å². The first-order chi connectivity index (χ1) is 14.9. The van der Waals surface area contributed by atoms with Gasteiger partial charge in [-0.1, -0.05) is 13.0 Å². The van der Waals surface area contributed by atoms with E-state index in [1.807, 2.05) is 0 Å². The van der Waals surface area contributed by atoms with Crippen molar-refractivity contribution in [1.29, 1.82) is 0 Å². The van der Waals surface area contributed by atoms with E-state index >= 15 is 0 Å². The molecule has 3 N–H and O–H groups in total. The van der Waals surface area contributed by atoms with Crippen molar-refractivity contribution in [2.45, 2.75) is 45.0 Å². The zero-order valence-electron chi connectivity index (χ0n) is 17.4. The average molecular weight is 455 g/mol. The molecule has 0 spiro atoms. The number of ether oxygens (including phenoxy) is 2. The molecule has 32 heavy (non-hydrogen) atoms. The van der Waals surface area contributed by atoms with Crippen LogP contribution >= 0.6 is 0 Å². The molecule has 3 rings (SSSR count). The fourth-order valence-electron chi connectivity index (χ4n) is 3.73. The number of hydrogen-bond donors (Lipinski definition) is 2. The van der Waals surface area contributed by atoms with Gasteiger partial charge in [0.1, 0.15) is 11.8 Å². The van der Waals surface area contributed by atoms with Crippen LogP contribution in [-0.2, 0) is 9.53 Å². The standard InChI is InChI=1S/C21H21F4N3O4/c1-9-14(11-4-5-12(22)15(23)16(11)31-20(24)25)17(32-21(9,2)3)19(30)28-10-6-7-27-13(8-10)18(26)29/h4-9,14,17,20H,1-3H3,(H2,26,29)(H,27,28,30)/t9-,14+,17-/m1/s1. The van der Waals surface area contributed by atoms with E-state index in [-0.39, 0.29) is 16.9 Å². The first kappa shape index (κ1) is 23.5. The van der Waals surface area contributed by atoms with E-state index in [0.717, 1.165) is 12.1 Å². The Kier molecular flexibility index (Phi) is 6.40. The Labute approximate surface area is 180 Å². The van der Waals surface area contributed by atoms with Crippen LogP contribution in [0.5, 0.6) is 5.75 Å². The summed E-state index contributed by atoms with van der Waals surface area (Å²) in [7, 11) is 0. The number of benzene rings is 1. The van der Waals surface area contributed by atoms with Gasteiger partial charge in [-0.3, -0.25) is 14.6 Å². The Hall–Kier alpha value is -3.21. The molecule has 1 aromatic heterocycles. The molecule has 2 heterocycles. The molecule has 1 saturated heterocycles. The SMILES string of the molecule is C[C@@H]1[C@@H](c2ccc(F)c(F)c2OC(F)F)[C@H](C(=O)Nc2ccnc(C(N)=O)c2)OC1(C)C. The van der Waals surface area contributed by atoms with Crippen molar-refractivity contribution in [3.8, 4) is 5.75 Å². The number of nitrogens with zero attached hydrogens (tertiary/aromatic N) is 1. The number of anilines is 1. The topological polar surface area (TPSA) is 104 Å². The van der Waals surface area contributed by atoms with Gasteiger partial charge in [-0.25, -0.2) is 4.39 Å². The number of amides is 2. The van der Waals surface area contributed by atoms with Crippen LogP contribution in [0.25, 0.3) is 0 Å². The van der Waals surface area contributed by atoms with Gasteiger partial charge in [0.2, 0.25) is 5.82 Å². The maximum Gasteiger partial charge on any atom is 0.387 e. The number of aromatic nitrogens is 1. The lowest BCUT2D eigenvalue weighted by atomic mass is 9.78. The lowest BCUT2D eigenvalue weighted by Crippen LogP contribution is -2.33. The van der Waals surface area contributed by atoms with Gasteiger partial charge in [0.05, 0.1) is 5.60 Å². The Bertz CT molecular complexity index is 1050. The van der Waals surface area contributed by atoms with Gasteiger partial charge in [-0.2, -0.15) is 13.2 Å². The highest BCUT2D eigenvalue weighted by Crippen LogP contribution is 2.49. The number of nitrogens with one attached hydrogen (secondary N) is 1. The summed E-state index contributed by atoms with van der Waals surface area (Å²) in [6, 6.07) is 4.53. The van der Waals surface area contributed by atoms with Crippen LogP contribution in [0.15, 0.2) is 30.5 Å². The van der Waals surface area contributed by atoms with E-state index in [0.29, 0.717) is 0 Å². The van der Waals surface area contributed by atoms with Crippen molar-refractivity contribution >= 4 is 17.5 Å². The van der Waals surface area contributed by atoms with Crippen molar-refractivity contribution in [1.82, 2.24) is 4.98 Å². The number of alkyl halides is 2. The highest BCUT2D eigenvalue weighted by Gasteiger charge is 2.51. The molecule has 0 radical (unpaired) electrons. The van der Waals surface area contributed by atoms with E-state index in [2.05, 4.69) is 15.0 Å². The molecule has 2 amide bonds. The number of halogens is 4. The van der Waals surface area contributed by atoms with E-state index < -0.39 is 59.4 Å². The summed E-state index contributed by atoms with van der Waals surface area (Å²) in [5.41, 5.74) is 4.24. The molecule has 1 aliphatic heterocycles. The van der Waals surface area contributed by atoms with Crippen LogP contribution in [0.3, 0.4) is 0 Å². The fourth-order valence-corrected chi connectivity index (χ4v) is 3.73. The third-order valence-corrected chi connectivity index (χ3v) is 5.58. The predicted octanol–water partition coefficient (Wildman–Crippen LogP) is 3.60. The van der Waals surface area contributed by atoms with Crippen LogP contribution in [0.1, 0.15) is 42.7 Å². The molecule has 0 aliphatic carbocycles.